The van der Waals surface area contributed by atoms with Gasteiger partial charge in [-0.25, -0.2) is 13.2 Å². The van der Waals surface area contributed by atoms with Crippen molar-refractivity contribution >= 4 is 27.6 Å². The predicted octanol–water partition coefficient (Wildman–Crippen LogP) is 2.58. The highest BCUT2D eigenvalue weighted by Crippen LogP contribution is 2.27. The minimum absolute atomic E-state index is 0.0331. The van der Waals surface area contributed by atoms with Crippen LogP contribution >= 0.6 is 0 Å². The van der Waals surface area contributed by atoms with E-state index in [4.69, 9.17) is 0 Å². The quantitative estimate of drug-likeness (QED) is 0.782. The van der Waals surface area contributed by atoms with Crippen LogP contribution in [0.2, 0.25) is 0 Å². The van der Waals surface area contributed by atoms with Gasteiger partial charge in [0.25, 0.3) is 5.91 Å². The van der Waals surface area contributed by atoms with Crippen molar-refractivity contribution in [2.24, 2.45) is 0 Å². The molecule has 26 heavy (non-hydrogen) atoms. The summed E-state index contributed by atoms with van der Waals surface area (Å²) in [5, 5.41) is 9.40. The number of carboxylic acid groups (broad SMARTS) is 1. The van der Waals surface area contributed by atoms with E-state index in [1.165, 1.54) is 22.5 Å². The van der Waals surface area contributed by atoms with Crippen molar-refractivity contribution in [3.63, 3.8) is 0 Å². The first-order valence-corrected chi connectivity index (χ1v) is 10.6. The largest absolute Gasteiger partial charge is 0.478 e. The number of hydrogen-bond donors (Lipinski definition) is 1. The van der Waals surface area contributed by atoms with Gasteiger partial charge in [0.05, 0.1) is 17.0 Å². The third-order valence-corrected chi connectivity index (χ3v) is 6.19. The zero-order chi connectivity index (χ0) is 19.3. The third-order valence-electron chi connectivity index (χ3n) is 4.32. The molecule has 2 rings (SSSR count). The Balaban J connectivity index is 2.48. The summed E-state index contributed by atoms with van der Waals surface area (Å²) in [4.78, 5) is 26.0. The zero-order valence-electron chi connectivity index (χ0n) is 15.3. The van der Waals surface area contributed by atoms with Crippen molar-refractivity contribution in [1.82, 2.24) is 4.90 Å². The number of nitrogens with zero attached hydrogens (tertiary/aromatic N) is 2. The molecule has 7 nitrogen and oxygen atoms in total. The van der Waals surface area contributed by atoms with Gasteiger partial charge in [-0.2, -0.15) is 0 Å². The SMILES string of the molecule is CCCN(CCC)C(=O)c1cc(C(=O)O)cc(N2CCCCS2(=O)=O)c1. The Kier molecular flexibility index (Phi) is 6.63. The molecule has 0 saturated carbocycles. The van der Waals surface area contributed by atoms with E-state index in [9.17, 15) is 23.1 Å². The average molecular weight is 382 g/mol. The number of carbonyl (C=O) groups excluding carboxylic acids is 1. The number of benzene rings is 1. The highest BCUT2D eigenvalue weighted by Gasteiger charge is 2.28. The van der Waals surface area contributed by atoms with E-state index in [0.29, 0.717) is 32.5 Å². The van der Waals surface area contributed by atoms with Crippen LogP contribution in [0.25, 0.3) is 0 Å². The lowest BCUT2D eigenvalue weighted by molar-refractivity contribution is 0.0697. The molecule has 1 aliphatic heterocycles. The average Bonchev–Trinajstić information content (AvgIpc) is 2.60. The second-order valence-corrected chi connectivity index (χ2v) is 8.47. The standard InChI is InChI=1S/C18H26N2O5S/c1-3-7-19(8-4-2)17(21)14-11-15(18(22)23)13-16(12-14)20-9-5-6-10-26(20,24)25/h11-13H,3-10H2,1-2H3,(H,22,23). The molecule has 1 heterocycles. The van der Waals surface area contributed by atoms with Gasteiger partial charge < -0.3 is 10.0 Å². The maximum Gasteiger partial charge on any atom is 0.335 e. The summed E-state index contributed by atoms with van der Waals surface area (Å²) in [5.41, 5.74) is 0.378. The second kappa shape index (κ2) is 8.53. The summed E-state index contributed by atoms with van der Waals surface area (Å²) in [7, 11) is -3.49. The molecule has 0 spiro atoms. The second-order valence-electron chi connectivity index (χ2n) is 6.46. The molecule has 0 radical (unpaired) electrons. The van der Waals surface area contributed by atoms with Crippen molar-refractivity contribution in [2.75, 3.05) is 29.7 Å². The molecule has 8 heteroatoms. The predicted molar refractivity (Wildman–Crippen MR) is 100 cm³/mol. The molecule has 0 unspecified atom stereocenters. The minimum atomic E-state index is -3.49. The van der Waals surface area contributed by atoms with Gasteiger partial charge in [-0.3, -0.25) is 9.10 Å². The first kappa shape index (κ1) is 20.2. The minimum Gasteiger partial charge on any atom is -0.478 e. The Morgan fingerprint density at radius 1 is 1.08 bits per heavy atom. The summed E-state index contributed by atoms with van der Waals surface area (Å²) >= 11 is 0. The summed E-state index contributed by atoms with van der Waals surface area (Å²) < 4.78 is 26.0. The fraction of sp³-hybridized carbons (Fsp3) is 0.556. The van der Waals surface area contributed by atoms with E-state index in [0.717, 1.165) is 12.8 Å². The Labute approximate surface area is 154 Å². The number of carbonyl (C=O) groups is 2. The van der Waals surface area contributed by atoms with Gasteiger partial charge in [-0.15, -0.1) is 0 Å². The number of carboxylic acids is 1. The Bertz CT molecular complexity index is 770. The smallest absolute Gasteiger partial charge is 0.335 e. The lowest BCUT2D eigenvalue weighted by Crippen LogP contribution is -2.38. The van der Waals surface area contributed by atoms with E-state index < -0.39 is 16.0 Å². The van der Waals surface area contributed by atoms with Crippen LogP contribution in [-0.4, -0.2) is 55.7 Å². The highest BCUT2D eigenvalue weighted by molar-refractivity contribution is 7.92. The fourth-order valence-electron chi connectivity index (χ4n) is 3.12. The zero-order valence-corrected chi connectivity index (χ0v) is 16.1. The van der Waals surface area contributed by atoms with Gasteiger partial charge in [0.15, 0.2) is 0 Å². The summed E-state index contributed by atoms with van der Waals surface area (Å²) in [6.45, 7) is 5.38. The van der Waals surface area contributed by atoms with Gasteiger partial charge in [0.1, 0.15) is 0 Å². The van der Waals surface area contributed by atoms with Crippen molar-refractivity contribution < 1.29 is 23.1 Å². The van der Waals surface area contributed by atoms with E-state index in [1.807, 2.05) is 13.8 Å². The summed E-state index contributed by atoms with van der Waals surface area (Å²) in [6, 6.07) is 4.14. The molecule has 1 aromatic rings. The number of anilines is 1. The maximum absolute atomic E-state index is 12.9. The Hall–Kier alpha value is -2.09. The van der Waals surface area contributed by atoms with Gasteiger partial charge in [0.2, 0.25) is 10.0 Å². The van der Waals surface area contributed by atoms with Crippen LogP contribution in [0.4, 0.5) is 5.69 Å². The van der Waals surface area contributed by atoms with Crippen molar-refractivity contribution in [2.45, 2.75) is 39.5 Å². The van der Waals surface area contributed by atoms with E-state index in [2.05, 4.69) is 0 Å². The number of rotatable bonds is 7. The normalized spacial score (nSPS) is 16.3. The fourth-order valence-corrected chi connectivity index (χ4v) is 4.74. The van der Waals surface area contributed by atoms with Crippen molar-refractivity contribution in [3.8, 4) is 0 Å². The van der Waals surface area contributed by atoms with Crippen LogP contribution in [0.15, 0.2) is 18.2 Å². The molecular weight excluding hydrogens is 356 g/mol. The van der Waals surface area contributed by atoms with E-state index >= 15 is 0 Å². The lowest BCUT2D eigenvalue weighted by atomic mass is 10.1. The molecule has 1 saturated heterocycles. The maximum atomic E-state index is 12.9. The van der Waals surface area contributed by atoms with Crippen LogP contribution in [0.5, 0.6) is 0 Å². The van der Waals surface area contributed by atoms with Crippen LogP contribution in [0.1, 0.15) is 60.2 Å². The molecule has 0 atom stereocenters. The first-order chi connectivity index (χ1) is 12.3. The van der Waals surface area contributed by atoms with E-state index in [1.54, 1.807) is 4.90 Å². The van der Waals surface area contributed by atoms with Crippen LogP contribution < -0.4 is 4.31 Å². The molecule has 1 amide bonds. The summed E-state index contributed by atoms with van der Waals surface area (Å²) in [6.07, 6.45) is 2.87. The Morgan fingerprint density at radius 3 is 2.23 bits per heavy atom. The molecule has 144 valence electrons. The van der Waals surface area contributed by atoms with Gasteiger partial charge in [0, 0.05) is 25.2 Å². The van der Waals surface area contributed by atoms with Crippen LogP contribution in [-0.2, 0) is 10.0 Å². The number of sulfonamides is 1. The monoisotopic (exact) mass is 382 g/mol. The third kappa shape index (κ3) is 4.55. The molecule has 1 N–H and O–H groups in total. The van der Waals surface area contributed by atoms with Gasteiger partial charge >= 0.3 is 5.97 Å². The molecule has 1 fully saturated rings. The number of aromatic carboxylic acids is 1. The molecule has 0 aromatic heterocycles. The van der Waals surface area contributed by atoms with Gasteiger partial charge in [-0.1, -0.05) is 13.8 Å². The summed E-state index contributed by atoms with van der Waals surface area (Å²) in [5.74, 6) is -1.42. The first-order valence-electron chi connectivity index (χ1n) is 8.98. The molecule has 0 bridgehead atoms. The van der Waals surface area contributed by atoms with Crippen molar-refractivity contribution in [1.29, 1.82) is 0 Å². The molecule has 0 aliphatic carbocycles. The van der Waals surface area contributed by atoms with Crippen molar-refractivity contribution in [3.05, 3.63) is 29.3 Å². The number of amides is 1. The highest BCUT2D eigenvalue weighted by atomic mass is 32.2. The molecular formula is C18H26N2O5S. The topological polar surface area (TPSA) is 95.0 Å². The molecule has 1 aromatic carbocycles. The Morgan fingerprint density at radius 2 is 1.69 bits per heavy atom. The molecule has 1 aliphatic rings. The number of hydrogen-bond acceptors (Lipinski definition) is 4. The van der Waals surface area contributed by atoms with Crippen LogP contribution in [0.3, 0.4) is 0 Å². The lowest BCUT2D eigenvalue weighted by Gasteiger charge is -2.29. The van der Waals surface area contributed by atoms with Crippen LogP contribution in [0, 0.1) is 0 Å². The van der Waals surface area contributed by atoms with E-state index in [-0.39, 0.29) is 28.5 Å². The van der Waals surface area contributed by atoms with Gasteiger partial charge in [-0.05, 0) is 43.9 Å².